The second-order valence-corrected chi connectivity index (χ2v) is 7.44. The van der Waals surface area contributed by atoms with Crippen LogP contribution in [0.4, 0.5) is 0 Å². The fourth-order valence-corrected chi connectivity index (χ4v) is 3.95. The van der Waals surface area contributed by atoms with Crippen LogP contribution in [0.2, 0.25) is 5.02 Å². The number of nitrogens with zero attached hydrogens (tertiary/aromatic N) is 1. The van der Waals surface area contributed by atoms with Gasteiger partial charge in [-0.25, -0.2) is 0 Å². The average Bonchev–Trinajstić information content (AvgIpc) is 2.58. The van der Waals surface area contributed by atoms with Gasteiger partial charge in [-0.3, -0.25) is 9.59 Å². The van der Waals surface area contributed by atoms with E-state index in [1.807, 2.05) is 24.8 Å². The van der Waals surface area contributed by atoms with Crippen molar-refractivity contribution in [2.45, 2.75) is 51.6 Å². The molecule has 1 saturated heterocycles. The zero-order chi connectivity index (χ0) is 18.0. The molecule has 136 valence electrons. The first-order chi connectivity index (χ1) is 12.0. The van der Waals surface area contributed by atoms with E-state index in [1.165, 1.54) is 0 Å². The Hall–Kier alpha value is -1.75. The molecule has 5 nitrogen and oxygen atoms in total. The van der Waals surface area contributed by atoms with Gasteiger partial charge in [-0.1, -0.05) is 11.6 Å². The summed E-state index contributed by atoms with van der Waals surface area (Å²) in [4.78, 5) is 26.6. The van der Waals surface area contributed by atoms with Gasteiger partial charge in [0.15, 0.2) is 6.61 Å². The summed E-state index contributed by atoms with van der Waals surface area (Å²) >= 11 is 6.00. The number of likely N-dealkylation sites (tertiary alicyclic amines) is 1. The van der Waals surface area contributed by atoms with Crippen molar-refractivity contribution in [3.05, 3.63) is 28.8 Å². The van der Waals surface area contributed by atoms with E-state index < -0.39 is 11.9 Å². The summed E-state index contributed by atoms with van der Waals surface area (Å²) in [7, 11) is 0. The molecule has 0 aromatic heterocycles. The number of piperidine rings is 1. The molecule has 3 rings (SSSR count). The Morgan fingerprint density at radius 3 is 2.72 bits per heavy atom. The van der Waals surface area contributed by atoms with Crippen LogP contribution in [0.5, 0.6) is 5.75 Å². The first kappa shape index (κ1) is 18.1. The third-order valence-electron chi connectivity index (χ3n) is 5.08. The maximum atomic E-state index is 12.4. The summed E-state index contributed by atoms with van der Waals surface area (Å²) < 4.78 is 10.9. The van der Waals surface area contributed by atoms with Crippen molar-refractivity contribution < 1.29 is 19.1 Å². The van der Waals surface area contributed by atoms with Crippen molar-refractivity contribution in [3.8, 4) is 5.75 Å². The van der Waals surface area contributed by atoms with Gasteiger partial charge < -0.3 is 14.4 Å². The minimum Gasteiger partial charge on any atom is -0.492 e. The van der Waals surface area contributed by atoms with Crippen LogP contribution in [0.1, 0.15) is 38.7 Å². The predicted molar refractivity (Wildman–Crippen MR) is 94.7 cm³/mol. The Morgan fingerprint density at radius 1 is 1.28 bits per heavy atom. The Morgan fingerprint density at radius 2 is 2.00 bits per heavy atom. The van der Waals surface area contributed by atoms with Gasteiger partial charge in [0.25, 0.3) is 5.91 Å². The number of hydrogen-bond donors (Lipinski definition) is 0. The quantitative estimate of drug-likeness (QED) is 0.772. The zero-order valence-electron chi connectivity index (χ0n) is 14.7. The molecule has 3 atom stereocenters. The first-order valence-corrected chi connectivity index (χ1v) is 9.22. The van der Waals surface area contributed by atoms with Crippen LogP contribution in [-0.4, -0.2) is 42.1 Å². The fraction of sp³-hybridized carbons (Fsp3) is 0.579. The van der Waals surface area contributed by atoms with Crippen molar-refractivity contribution in [3.63, 3.8) is 0 Å². The van der Waals surface area contributed by atoms with Crippen molar-refractivity contribution in [1.29, 1.82) is 0 Å². The van der Waals surface area contributed by atoms with E-state index in [4.69, 9.17) is 21.1 Å². The van der Waals surface area contributed by atoms with Crippen LogP contribution in [-0.2, 0) is 20.7 Å². The fourth-order valence-electron chi connectivity index (χ4n) is 3.75. The molecule has 25 heavy (non-hydrogen) atoms. The van der Waals surface area contributed by atoms with E-state index in [9.17, 15) is 9.59 Å². The van der Waals surface area contributed by atoms with Gasteiger partial charge in [-0.2, -0.15) is 0 Å². The van der Waals surface area contributed by atoms with E-state index in [0.717, 1.165) is 30.6 Å². The lowest BCUT2D eigenvalue weighted by Crippen LogP contribution is -2.49. The topological polar surface area (TPSA) is 55.8 Å². The van der Waals surface area contributed by atoms with Gasteiger partial charge >= 0.3 is 5.97 Å². The number of ether oxygens (including phenoxy) is 2. The molecule has 0 radical (unpaired) electrons. The lowest BCUT2D eigenvalue weighted by molar-refractivity contribution is -0.158. The van der Waals surface area contributed by atoms with E-state index >= 15 is 0 Å². The largest absolute Gasteiger partial charge is 0.492 e. The molecule has 0 spiro atoms. The number of carbonyl (C=O) groups is 2. The van der Waals surface area contributed by atoms with Gasteiger partial charge in [0, 0.05) is 17.1 Å². The lowest BCUT2D eigenvalue weighted by atomic mass is 9.97. The highest BCUT2D eigenvalue weighted by Gasteiger charge is 2.31. The van der Waals surface area contributed by atoms with Gasteiger partial charge in [-0.15, -0.1) is 0 Å². The van der Waals surface area contributed by atoms with Crippen LogP contribution in [0.3, 0.4) is 0 Å². The summed E-state index contributed by atoms with van der Waals surface area (Å²) in [5.74, 6) is -0.167. The predicted octanol–water partition coefficient (Wildman–Crippen LogP) is 3.22. The molecule has 2 aliphatic rings. The van der Waals surface area contributed by atoms with Crippen molar-refractivity contribution >= 4 is 23.5 Å². The standard InChI is InChI=1S/C19H24ClNO4/c1-12-4-3-5-13(2)21(12)18(22)11-25-19(23)15-8-14-9-16(20)6-7-17(14)24-10-15/h6-7,9,12-13,15H,3-5,8,10-11H2,1-2H3/t12-,13+,15-/m1/s1. The van der Waals surface area contributed by atoms with Gasteiger partial charge in [-0.05, 0) is 63.3 Å². The molecule has 1 amide bonds. The number of hydrogen-bond acceptors (Lipinski definition) is 4. The number of amides is 1. The third-order valence-corrected chi connectivity index (χ3v) is 5.32. The van der Waals surface area contributed by atoms with Gasteiger partial charge in [0.1, 0.15) is 12.4 Å². The second kappa shape index (κ2) is 7.65. The Balaban J connectivity index is 1.55. The molecule has 1 aromatic rings. The van der Waals surface area contributed by atoms with Crippen molar-refractivity contribution in [1.82, 2.24) is 4.90 Å². The first-order valence-electron chi connectivity index (χ1n) is 8.84. The molecule has 0 saturated carbocycles. The Kier molecular flexibility index (Phi) is 5.52. The molecule has 0 aliphatic carbocycles. The smallest absolute Gasteiger partial charge is 0.313 e. The second-order valence-electron chi connectivity index (χ2n) is 7.00. The molecular formula is C19H24ClNO4. The van der Waals surface area contributed by atoms with Crippen LogP contribution in [0, 0.1) is 5.92 Å². The third kappa shape index (κ3) is 4.09. The number of carbonyl (C=O) groups excluding carboxylic acids is 2. The van der Waals surface area contributed by atoms with Crippen LogP contribution in [0.25, 0.3) is 0 Å². The highest BCUT2D eigenvalue weighted by molar-refractivity contribution is 6.30. The summed E-state index contributed by atoms with van der Waals surface area (Å²) in [5.41, 5.74) is 0.894. The summed E-state index contributed by atoms with van der Waals surface area (Å²) in [6.45, 7) is 4.15. The average molecular weight is 366 g/mol. The SMILES string of the molecule is C[C@@H]1CCC[C@H](C)N1C(=O)COC(=O)[C@H]1COc2ccc(Cl)cc2C1. The van der Waals surface area contributed by atoms with E-state index in [0.29, 0.717) is 11.4 Å². The van der Waals surface area contributed by atoms with Crippen molar-refractivity contribution in [2.24, 2.45) is 5.92 Å². The molecule has 1 fully saturated rings. The highest BCUT2D eigenvalue weighted by Crippen LogP contribution is 2.30. The molecule has 0 unspecified atom stereocenters. The lowest BCUT2D eigenvalue weighted by Gasteiger charge is -2.39. The maximum absolute atomic E-state index is 12.4. The Labute approximate surface area is 153 Å². The maximum Gasteiger partial charge on any atom is 0.313 e. The van der Waals surface area contributed by atoms with Crippen LogP contribution >= 0.6 is 11.6 Å². The van der Waals surface area contributed by atoms with Gasteiger partial charge in [0.2, 0.25) is 0 Å². The Bertz CT molecular complexity index is 653. The molecule has 0 bridgehead atoms. The molecule has 2 aliphatic heterocycles. The highest BCUT2D eigenvalue weighted by atomic mass is 35.5. The zero-order valence-corrected chi connectivity index (χ0v) is 15.4. The van der Waals surface area contributed by atoms with E-state index in [2.05, 4.69) is 0 Å². The molecule has 2 heterocycles. The molecule has 0 N–H and O–H groups in total. The number of fused-ring (bicyclic) bond motifs is 1. The number of esters is 1. The van der Waals surface area contributed by atoms with Crippen molar-refractivity contribution in [2.75, 3.05) is 13.2 Å². The monoisotopic (exact) mass is 365 g/mol. The number of benzene rings is 1. The normalized spacial score (nSPS) is 25.7. The molecule has 6 heteroatoms. The molecular weight excluding hydrogens is 342 g/mol. The minimum atomic E-state index is -0.407. The van der Waals surface area contributed by atoms with Crippen LogP contribution < -0.4 is 4.74 Å². The number of halogens is 1. The molecule has 1 aromatic carbocycles. The van der Waals surface area contributed by atoms with Crippen LogP contribution in [0.15, 0.2) is 18.2 Å². The summed E-state index contributed by atoms with van der Waals surface area (Å²) in [5, 5.41) is 0.611. The van der Waals surface area contributed by atoms with Gasteiger partial charge in [0.05, 0.1) is 5.92 Å². The van der Waals surface area contributed by atoms with E-state index in [1.54, 1.807) is 12.1 Å². The number of rotatable bonds is 3. The summed E-state index contributed by atoms with van der Waals surface area (Å²) in [6.07, 6.45) is 3.64. The van der Waals surface area contributed by atoms with E-state index in [-0.39, 0.29) is 31.2 Å². The minimum absolute atomic E-state index is 0.117. The summed E-state index contributed by atoms with van der Waals surface area (Å²) in [6, 6.07) is 5.77.